The van der Waals surface area contributed by atoms with Crippen LogP contribution in [0.5, 0.6) is 0 Å². The third kappa shape index (κ3) is 6.71. The Bertz CT molecular complexity index is 1840. The molecule has 0 bridgehead atoms. The van der Waals surface area contributed by atoms with Crippen LogP contribution < -0.4 is 10.6 Å². The first-order valence-corrected chi connectivity index (χ1v) is 15.5. The van der Waals surface area contributed by atoms with Crippen LogP contribution in [0.2, 0.25) is 0 Å². The van der Waals surface area contributed by atoms with E-state index in [0.717, 1.165) is 25.5 Å². The van der Waals surface area contributed by atoms with E-state index >= 15 is 0 Å². The lowest BCUT2D eigenvalue weighted by Crippen LogP contribution is -2.42. The molecule has 15 heteroatoms. The highest BCUT2D eigenvalue weighted by Crippen LogP contribution is 2.43. The molecule has 44 heavy (non-hydrogen) atoms. The number of alkyl halides is 3. The maximum absolute atomic E-state index is 13.6. The zero-order chi connectivity index (χ0) is 32.6. The van der Waals surface area contributed by atoms with Crippen LogP contribution >= 0.6 is 0 Å². The molecular formula is C29H32F3N6O5S+. The summed E-state index contributed by atoms with van der Waals surface area (Å²) < 4.78 is 70.9. The molecule has 1 aromatic heterocycles. The normalized spacial score (nSPS) is 15.6. The minimum absolute atomic E-state index is 0.00400. The summed E-state index contributed by atoms with van der Waals surface area (Å²) in [4.78, 5) is 28.0. The first-order chi connectivity index (χ1) is 20.5. The van der Waals surface area contributed by atoms with Crippen LogP contribution in [0, 0.1) is 11.3 Å². The van der Waals surface area contributed by atoms with Crippen LogP contribution in [-0.2, 0) is 32.1 Å². The van der Waals surface area contributed by atoms with Crippen molar-refractivity contribution in [2.75, 3.05) is 44.7 Å². The lowest BCUT2D eigenvalue weighted by atomic mass is 9.89. The number of ether oxygens (including phenoxy) is 1. The molecule has 11 nitrogen and oxygen atoms in total. The maximum atomic E-state index is 13.6. The topological polar surface area (TPSA) is 138 Å². The van der Waals surface area contributed by atoms with Gasteiger partial charge in [-0.25, -0.2) is 27.7 Å². The third-order valence-corrected chi connectivity index (χ3v) is 8.45. The largest absolute Gasteiger partial charge is 0.466 e. The van der Waals surface area contributed by atoms with Crippen LogP contribution in [0.3, 0.4) is 0 Å². The summed E-state index contributed by atoms with van der Waals surface area (Å²) in [6.45, 7) is 2.28. The fourth-order valence-electron chi connectivity index (χ4n) is 5.45. The minimum atomic E-state index is -4.65. The quantitative estimate of drug-likeness (QED) is 0.278. The van der Waals surface area contributed by atoms with Crippen molar-refractivity contribution in [1.82, 2.24) is 14.8 Å². The number of nitrogens with zero attached hydrogens (tertiary/aromatic N) is 5. The molecule has 4 rings (SSSR count). The van der Waals surface area contributed by atoms with Crippen molar-refractivity contribution in [3.05, 3.63) is 86.5 Å². The molecule has 1 aliphatic rings. The Morgan fingerprint density at radius 1 is 1.20 bits per heavy atom. The number of aromatic amines is 1. The molecule has 0 unspecified atom stereocenters. The van der Waals surface area contributed by atoms with E-state index < -0.39 is 39.3 Å². The molecule has 0 radical (unpaired) electrons. The number of halogens is 3. The number of carbonyl (C=O) groups is 1. The van der Waals surface area contributed by atoms with Gasteiger partial charge >= 0.3 is 17.8 Å². The van der Waals surface area contributed by atoms with Crippen molar-refractivity contribution in [3.8, 4) is 6.07 Å². The van der Waals surface area contributed by atoms with Gasteiger partial charge in [0.1, 0.15) is 22.4 Å². The number of nitrogens with one attached hydrogen (secondary N) is 1. The zero-order valence-electron chi connectivity index (χ0n) is 24.8. The number of quaternary nitrogens is 1. The molecule has 0 saturated carbocycles. The second kappa shape index (κ2) is 11.9. The van der Waals surface area contributed by atoms with E-state index in [-0.39, 0.29) is 35.2 Å². The van der Waals surface area contributed by atoms with Gasteiger partial charge in [0.2, 0.25) is 5.95 Å². The summed E-state index contributed by atoms with van der Waals surface area (Å²) in [5, 5.41) is 16.1. The Balaban J connectivity index is 1.93. The number of carbonyl (C=O) groups excluding carboxylic acids is 1. The molecule has 2 heterocycles. The molecule has 0 saturated heterocycles. The average molecular weight is 634 g/mol. The van der Waals surface area contributed by atoms with E-state index in [0.29, 0.717) is 34.1 Å². The number of fused-ring (bicyclic) bond motifs is 1. The van der Waals surface area contributed by atoms with Crippen molar-refractivity contribution in [1.29, 1.82) is 5.26 Å². The number of hydrogen-bond acceptors (Lipinski definition) is 8. The number of H-pyrrole nitrogens is 1. The fraction of sp³-hybridized carbons (Fsp3) is 0.379. The molecule has 1 N–H and O–H groups in total. The lowest BCUT2D eigenvalue weighted by Gasteiger charge is -2.37. The van der Waals surface area contributed by atoms with Gasteiger partial charge in [0, 0.05) is 29.6 Å². The standard InChI is InChI=1S/C29H31F3N6O5S/c1-18-24(26(39)43-4)25(23-11-10-19(16-33)14-20(23)17-38(2,3)12-7-13-44(5,41)42)37-27(34-35-28(37)40)36(18)22-9-6-8-21(15-22)29(30,31)32/h6,8-11,14-15,25H,7,12-13,17H2,1-5H3/p+1/t25-/m1/s1. The van der Waals surface area contributed by atoms with Gasteiger partial charge in [0.25, 0.3) is 0 Å². The Labute approximate surface area is 252 Å². The van der Waals surface area contributed by atoms with E-state index in [1.807, 2.05) is 14.1 Å². The van der Waals surface area contributed by atoms with Crippen molar-refractivity contribution >= 4 is 27.4 Å². The van der Waals surface area contributed by atoms with Gasteiger partial charge in [-0.3, -0.25) is 4.90 Å². The molecule has 0 fully saturated rings. The Hall–Kier alpha value is -4.42. The summed E-state index contributed by atoms with van der Waals surface area (Å²) in [5.41, 5.74) is -0.0975. The predicted molar refractivity (Wildman–Crippen MR) is 155 cm³/mol. The van der Waals surface area contributed by atoms with Crippen LogP contribution in [0.15, 0.2) is 58.5 Å². The number of methoxy groups -OCH3 is 1. The number of rotatable bonds is 9. The summed E-state index contributed by atoms with van der Waals surface area (Å²) in [6, 6.07) is 10.2. The predicted octanol–water partition coefficient (Wildman–Crippen LogP) is 3.66. The Morgan fingerprint density at radius 2 is 1.91 bits per heavy atom. The number of nitriles is 1. The second-order valence-corrected chi connectivity index (χ2v) is 13.6. The van der Waals surface area contributed by atoms with Crippen LogP contribution in [-0.4, -0.2) is 73.4 Å². The lowest BCUT2D eigenvalue weighted by molar-refractivity contribution is -0.903. The van der Waals surface area contributed by atoms with Gasteiger partial charge in [-0.1, -0.05) is 12.1 Å². The van der Waals surface area contributed by atoms with Crippen LogP contribution in [0.4, 0.5) is 24.8 Å². The van der Waals surface area contributed by atoms with Gasteiger partial charge in [0.15, 0.2) is 0 Å². The first kappa shape index (κ1) is 32.5. The number of allylic oxidation sites excluding steroid dienone is 1. The number of anilines is 2. The number of aromatic nitrogens is 3. The van der Waals surface area contributed by atoms with Crippen LogP contribution in [0.1, 0.15) is 41.6 Å². The summed E-state index contributed by atoms with van der Waals surface area (Å²) in [6.07, 6.45) is -3.10. The molecule has 3 aromatic rings. The summed E-state index contributed by atoms with van der Waals surface area (Å²) >= 11 is 0. The van der Waals surface area contributed by atoms with E-state index in [1.54, 1.807) is 12.1 Å². The van der Waals surface area contributed by atoms with Crippen molar-refractivity contribution in [3.63, 3.8) is 0 Å². The molecule has 0 amide bonds. The fourth-order valence-corrected chi connectivity index (χ4v) is 6.11. The SMILES string of the molecule is COC(=O)C1=C(C)N(c2cccc(C(F)(F)F)c2)c2n[nH]c(=O)n2[C@@H]1c1ccc(C#N)cc1C[N+](C)(C)CCCS(C)(=O)=O. The van der Waals surface area contributed by atoms with Gasteiger partial charge in [-0.05, 0) is 42.8 Å². The zero-order valence-corrected chi connectivity index (χ0v) is 25.6. The first-order valence-electron chi connectivity index (χ1n) is 13.4. The van der Waals surface area contributed by atoms with Crippen LogP contribution in [0.25, 0.3) is 0 Å². The van der Waals surface area contributed by atoms with Crippen molar-refractivity contribution in [2.24, 2.45) is 0 Å². The third-order valence-electron chi connectivity index (χ3n) is 7.42. The molecule has 1 atom stereocenters. The van der Waals surface area contributed by atoms with Gasteiger partial charge < -0.3 is 9.22 Å². The smallest absolute Gasteiger partial charge is 0.416 e. The van der Waals surface area contributed by atoms with E-state index in [1.165, 1.54) is 34.6 Å². The molecule has 0 aliphatic carbocycles. The number of benzene rings is 2. The van der Waals surface area contributed by atoms with Gasteiger partial charge in [0.05, 0.1) is 56.3 Å². The Kier molecular flexibility index (Phi) is 8.81. The monoisotopic (exact) mass is 633 g/mol. The minimum Gasteiger partial charge on any atom is -0.466 e. The molecule has 234 valence electrons. The highest BCUT2D eigenvalue weighted by Gasteiger charge is 2.41. The summed E-state index contributed by atoms with van der Waals surface area (Å²) in [5.74, 6) is -0.877. The highest BCUT2D eigenvalue weighted by atomic mass is 32.2. The highest BCUT2D eigenvalue weighted by molar-refractivity contribution is 7.90. The molecular weight excluding hydrogens is 601 g/mol. The number of esters is 1. The molecule has 2 aromatic carbocycles. The number of hydrogen-bond donors (Lipinski definition) is 1. The Morgan fingerprint density at radius 3 is 2.52 bits per heavy atom. The van der Waals surface area contributed by atoms with Crippen molar-refractivity contribution < 1.29 is 35.6 Å². The maximum Gasteiger partial charge on any atom is 0.416 e. The number of sulfone groups is 1. The van der Waals surface area contributed by atoms with Crippen molar-refractivity contribution in [2.45, 2.75) is 32.1 Å². The van der Waals surface area contributed by atoms with Gasteiger partial charge in [-0.2, -0.15) is 18.4 Å². The average Bonchev–Trinajstić information content (AvgIpc) is 3.31. The molecule has 1 aliphatic heterocycles. The second-order valence-electron chi connectivity index (χ2n) is 11.3. The molecule has 0 spiro atoms. The summed E-state index contributed by atoms with van der Waals surface area (Å²) in [7, 11) is 1.75. The van der Waals surface area contributed by atoms with Gasteiger partial charge in [-0.15, -0.1) is 5.10 Å². The van der Waals surface area contributed by atoms with E-state index in [4.69, 9.17) is 4.74 Å². The van der Waals surface area contributed by atoms with E-state index in [2.05, 4.69) is 16.3 Å². The van der Waals surface area contributed by atoms with E-state index in [9.17, 15) is 36.4 Å².